The first-order valence-corrected chi connectivity index (χ1v) is 24.6. The molecule has 312 valence electrons. The average molecular weight is 826 g/mol. The fourth-order valence-corrected chi connectivity index (χ4v) is 9.16. The highest BCUT2D eigenvalue weighted by Gasteiger charge is 2.55. The standard InChI is InChI=1S/C47H55N7O5Si/c1-47(2)58-44-41(25-34-13-8-6-9-14-34)52(28-36-17-12-18-38(23-36)43(55)30-51-32-48-31-50-51)46(56)53(42(45(44)59-47)26-35-15-10-7-11-16-35)29-37-19-20-40-39(24-37)27-49-54(40)33-57-21-22-60(3,4)5/h6-20,23-24,27,31-32,41-42,44-45H,21-22,25-26,28-30,33H2,1-5H3/t41-,42-,44+,45+/m1/s1. The summed E-state index contributed by atoms with van der Waals surface area (Å²) in [5.74, 6) is -0.990. The van der Waals surface area contributed by atoms with Gasteiger partial charge in [0.05, 0.1) is 23.8 Å². The highest BCUT2D eigenvalue weighted by molar-refractivity contribution is 6.76. The van der Waals surface area contributed by atoms with Crippen LogP contribution in [0.2, 0.25) is 25.7 Å². The molecule has 0 aliphatic carbocycles. The van der Waals surface area contributed by atoms with Crippen LogP contribution in [0.15, 0.2) is 122 Å². The first-order chi connectivity index (χ1) is 28.9. The molecule has 12 nitrogen and oxygen atoms in total. The Morgan fingerprint density at radius 2 is 1.38 bits per heavy atom. The molecule has 2 fully saturated rings. The average Bonchev–Trinajstić information content (AvgIpc) is 3.97. The smallest absolute Gasteiger partial charge is 0.321 e. The van der Waals surface area contributed by atoms with Crippen LogP contribution in [0.4, 0.5) is 4.79 Å². The van der Waals surface area contributed by atoms with Gasteiger partial charge >= 0.3 is 6.03 Å². The Kier molecular flexibility index (Phi) is 12.1. The Morgan fingerprint density at radius 3 is 1.98 bits per heavy atom. The van der Waals surface area contributed by atoms with E-state index in [-0.39, 0.29) is 30.9 Å². The van der Waals surface area contributed by atoms with Crippen LogP contribution in [-0.2, 0) is 53.4 Å². The van der Waals surface area contributed by atoms with Gasteiger partial charge in [0.1, 0.15) is 38.1 Å². The number of hydrogen-bond donors (Lipinski definition) is 0. The first kappa shape index (κ1) is 41.3. The van der Waals surface area contributed by atoms with Gasteiger partial charge in [0, 0.05) is 38.7 Å². The second-order valence-electron chi connectivity index (χ2n) is 17.7. The monoisotopic (exact) mass is 825 g/mol. The SMILES string of the molecule is CC1(C)O[C@@H]2[C@@H](O1)[C@@H](Cc1ccccc1)N(Cc1ccc3c(cnn3COCC[Si](C)(C)C)c1)C(=O)N(Cc1cccc(C(=O)Cn3cncn3)c1)[C@@H]2Cc1ccccc1. The van der Waals surface area contributed by atoms with Crippen LogP contribution in [0.5, 0.6) is 0 Å². The van der Waals surface area contributed by atoms with Gasteiger partial charge in [-0.2, -0.15) is 10.2 Å². The van der Waals surface area contributed by atoms with Gasteiger partial charge in [-0.25, -0.2) is 19.1 Å². The number of aromatic nitrogens is 5. The van der Waals surface area contributed by atoms with Crippen molar-refractivity contribution in [3.63, 3.8) is 0 Å². The number of carbonyl (C=O) groups is 2. The fraction of sp³-hybridized carbons (Fsp3) is 0.383. The van der Waals surface area contributed by atoms with E-state index in [1.807, 2.05) is 89.1 Å². The van der Waals surface area contributed by atoms with E-state index >= 15 is 4.79 Å². The van der Waals surface area contributed by atoms with Crippen molar-refractivity contribution in [1.82, 2.24) is 34.3 Å². The van der Waals surface area contributed by atoms with Crippen molar-refractivity contribution >= 4 is 30.8 Å². The topological polar surface area (TPSA) is 117 Å². The van der Waals surface area contributed by atoms with Crippen molar-refractivity contribution in [2.45, 2.75) is 109 Å². The van der Waals surface area contributed by atoms with Crippen molar-refractivity contribution in [3.05, 3.63) is 150 Å². The van der Waals surface area contributed by atoms with Crippen molar-refractivity contribution < 1.29 is 23.8 Å². The lowest BCUT2D eigenvalue weighted by Crippen LogP contribution is -2.51. The molecule has 8 rings (SSSR count). The summed E-state index contributed by atoms with van der Waals surface area (Å²) in [6, 6.07) is 34.6. The summed E-state index contributed by atoms with van der Waals surface area (Å²) in [4.78, 5) is 37.1. The van der Waals surface area contributed by atoms with E-state index < -0.39 is 32.1 Å². The minimum Gasteiger partial charge on any atom is -0.360 e. The molecule has 2 aliphatic rings. The molecule has 4 heterocycles. The molecule has 0 unspecified atom stereocenters. The van der Waals surface area contributed by atoms with E-state index in [2.05, 4.69) is 77.3 Å². The van der Waals surface area contributed by atoms with Crippen LogP contribution < -0.4 is 0 Å². The first-order valence-electron chi connectivity index (χ1n) is 20.9. The van der Waals surface area contributed by atoms with Crippen LogP contribution >= 0.6 is 0 Å². The molecule has 2 saturated heterocycles. The Balaban J connectivity index is 1.17. The summed E-state index contributed by atoms with van der Waals surface area (Å²) in [5, 5.41) is 9.77. The number of benzene rings is 4. The lowest BCUT2D eigenvalue weighted by Gasteiger charge is -2.37. The molecule has 0 saturated carbocycles. The molecule has 0 radical (unpaired) electrons. The van der Waals surface area contributed by atoms with Crippen LogP contribution in [0, 0.1) is 0 Å². The summed E-state index contributed by atoms with van der Waals surface area (Å²) in [7, 11) is -1.21. The number of fused-ring (bicyclic) bond motifs is 2. The number of ketones is 1. The zero-order valence-corrected chi connectivity index (χ0v) is 36.2. The van der Waals surface area contributed by atoms with Crippen LogP contribution in [0.25, 0.3) is 10.9 Å². The highest BCUT2D eigenvalue weighted by Crippen LogP contribution is 2.40. The maximum Gasteiger partial charge on any atom is 0.321 e. The normalized spacial score (nSPS) is 20.4. The number of ether oxygens (including phenoxy) is 3. The van der Waals surface area contributed by atoms with Gasteiger partial charge in [-0.3, -0.25) is 4.79 Å². The molecule has 60 heavy (non-hydrogen) atoms. The predicted molar refractivity (Wildman–Crippen MR) is 233 cm³/mol. The molecule has 4 atom stereocenters. The van der Waals surface area contributed by atoms with Crippen LogP contribution in [-0.4, -0.2) is 90.9 Å². The number of carbonyl (C=O) groups excluding carboxylic acids is 2. The molecular weight excluding hydrogens is 771 g/mol. The van der Waals surface area contributed by atoms with Gasteiger partial charge in [0.2, 0.25) is 0 Å². The van der Waals surface area contributed by atoms with Gasteiger partial charge < -0.3 is 24.0 Å². The molecule has 13 heteroatoms. The zero-order valence-electron chi connectivity index (χ0n) is 35.2. The number of hydrogen-bond acceptors (Lipinski definition) is 8. The van der Waals surface area contributed by atoms with Gasteiger partial charge in [0.25, 0.3) is 0 Å². The molecule has 4 aromatic carbocycles. The summed E-state index contributed by atoms with van der Waals surface area (Å²) in [6.45, 7) is 12.7. The Hall–Kier alpha value is -5.47. The third-order valence-electron chi connectivity index (χ3n) is 11.4. The second kappa shape index (κ2) is 17.6. The quantitative estimate of drug-likeness (QED) is 0.0548. The van der Waals surface area contributed by atoms with E-state index in [1.165, 1.54) is 17.3 Å². The van der Waals surface area contributed by atoms with E-state index in [0.717, 1.165) is 39.2 Å². The molecule has 6 aromatic rings. The lowest BCUT2D eigenvalue weighted by atomic mass is 9.90. The number of Topliss-reactive ketones (excluding diaryl/α,β-unsaturated/α-hetero) is 1. The van der Waals surface area contributed by atoms with Gasteiger partial charge in [-0.15, -0.1) is 0 Å². The zero-order chi connectivity index (χ0) is 41.9. The molecule has 0 spiro atoms. The number of amides is 2. The van der Waals surface area contributed by atoms with Gasteiger partial charge in [-0.1, -0.05) is 105 Å². The minimum absolute atomic E-state index is 0.0660. The summed E-state index contributed by atoms with van der Waals surface area (Å²) in [5.41, 5.74) is 5.52. The molecule has 2 aliphatic heterocycles. The molecule has 0 N–H and O–H groups in total. The highest BCUT2D eigenvalue weighted by atomic mass is 28.3. The fourth-order valence-electron chi connectivity index (χ4n) is 8.41. The minimum atomic E-state index is -1.21. The van der Waals surface area contributed by atoms with E-state index in [0.29, 0.717) is 38.3 Å². The molecule has 0 bridgehead atoms. The second-order valence-corrected chi connectivity index (χ2v) is 23.3. The van der Waals surface area contributed by atoms with Crippen molar-refractivity contribution in [3.8, 4) is 0 Å². The molecule has 2 amide bonds. The third kappa shape index (κ3) is 9.76. The number of urea groups is 1. The Bertz CT molecular complexity index is 2380. The van der Waals surface area contributed by atoms with E-state index in [1.54, 1.807) is 6.07 Å². The number of rotatable bonds is 16. The predicted octanol–water partition coefficient (Wildman–Crippen LogP) is 8.00. The lowest BCUT2D eigenvalue weighted by molar-refractivity contribution is -0.157. The van der Waals surface area contributed by atoms with E-state index in [9.17, 15) is 4.79 Å². The van der Waals surface area contributed by atoms with Crippen LogP contribution in [0.1, 0.15) is 46.5 Å². The molecule has 2 aromatic heterocycles. The number of nitrogens with zero attached hydrogens (tertiary/aromatic N) is 7. The van der Waals surface area contributed by atoms with Crippen molar-refractivity contribution in [2.75, 3.05) is 6.61 Å². The summed E-state index contributed by atoms with van der Waals surface area (Å²) in [6.07, 6.45) is 5.04. The largest absolute Gasteiger partial charge is 0.360 e. The third-order valence-corrected chi connectivity index (χ3v) is 13.1. The van der Waals surface area contributed by atoms with E-state index in [4.69, 9.17) is 14.2 Å². The maximum atomic E-state index is 15.7. The Labute approximate surface area is 353 Å². The molecular formula is C47H55N7O5Si. The summed E-state index contributed by atoms with van der Waals surface area (Å²) >= 11 is 0. The van der Waals surface area contributed by atoms with Crippen molar-refractivity contribution in [1.29, 1.82) is 0 Å². The van der Waals surface area contributed by atoms with Gasteiger partial charge in [-0.05, 0) is 73.2 Å². The van der Waals surface area contributed by atoms with Crippen LogP contribution in [0.3, 0.4) is 0 Å². The van der Waals surface area contributed by atoms with Gasteiger partial charge in [0.15, 0.2) is 11.6 Å². The summed E-state index contributed by atoms with van der Waals surface area (Å²) < 4.78 is 23.3. The Morgan fingerprint density at radius 1 is 0.767 bits per heavy atom. The van der Waals surface area contributed by atoms with Crippen molar-refractivity contribution in [2.24, 2.45) is 0 Å². The maximum absolute atomic E-state index is 15.7.